The van der Waals surface area contributed by atoms with Crippen LogP contribution in [0.4, 0.5) is 22.1 Å². The average molecular weight is 1490 g/mol. The minimum atomic E-state index is -1.21. The number of nitrogens with one attached hydrogen (secondary N) is 3. The zero-order valence-electron chi connectivity index (χ0n) is 54.3. The Kier molecular flexibility index (Phi) is 22.6. The number of H-pyrrole nitrogens is 1. The summed E-state index contributed by atoms with van der Waals surface area (Å²) < 4.78 is 34.6. The second-order valence-electron chi connectivity index (χ2n) is 24.2. The van der Waals surface area contributed by atoms with Crippen LogP contribution in [0.15, 0.2) is 178 Å². The van der Waals surface area contributed by atoms with E-state index < -0.39 is 11.4 Å². The molecule has 100 heavy (non-hydrogen) atoms. The van der Waals surface area contributed by atoms with Gasteiger partial charge in [0.1, 0.15) is 41.4 Å². The molecule has 1 fully saturated rings. The van der Waals surface area contributed by atoms with Crippen molar-refractivity contribution in [1.82, 2.24) is 39.7 Å². The number of carboxylic acids is 1. The number of hydrogen-bond acceptors (Lipinski definition) is 16. The van der Waals surface area contributed by atoms with Crippen LogP contribution in [-0.2, 0) is 11.2 Å². The molecule has 15 rings (SSSR count). The molecule has 0 aliphatic carbocycles. The molecule has 28 heteroatoms. The lowest BCUT2D eigenvalue weighted by Crippen LogP contribution is -2.47. The first-order chi connectivity index (χ1) is 48.3. The smallest absolute Gasteiger partial charge is 0.341 e. The van der Waals surface area contributed by atoms with Crippen molar-refractivity contribution in [2.45, 2.75) is 63.2 Å². The molecular weight excluding hydrogens is 1420 g/mol. The first-order valence-corrected chi connectivity index (χ1v) is 34.6. The number of methoxy groups -OCH3 is 2. The number of benzene rings is 6. The van der Waals surface area contributed by atoms with Crippen LogP contribution in [0.1, 0.15) is 88.9 Å². The Balaban J connectivity index is 0.000000127. The number of allylic oxidation sites excluding steroid dienone is 1. The summed E-state index contributed by atoms with van der Waals surface area (Å²) in [5, 5.41) is 29.0. The minimum absolute atomic E-state index is 0.0333. The van der Waals surface area contributed by atoms with Crippen LogP contribution in [0.25, 0.3) is 28.0 Å². The molecule has 0 radical (unpaired) electrons. The van der Waals surface area contributed by atoms with Gasteiger partial charge < -0.3 is 44.0 Å². The van der Waals surface area contributed by atoms with E-state index in [1.54, 1.807) is 37.1 Å². The highest BCUT2D eigenvalue weighted by molar-refractivity contribution is 6.42. The van der Waals surface area contributed by atoms with E-state index in [1.165, 1.54) is 24.7 Å². The maximum absolute atomic E-state index is 14.4. The van der Waals surface area contributed by atoms with Gasteiger partial charge in [0.15, 0.2) is 16.9 Å². The summed E-state index contributed by atoms with van der Waals surface area (Å²) in [7, 11) is 3.23. The maximum atomic E-state index is 14.4. The van der Waals surface area contributed by atoms with E-state index in [0.29, 0.717) is 95.8 Å². The van der Waals surface area contributed by atoms with Crippen molar-refractivity contribution in [3.63, 3.8) is 0 Å². The second kappa shape index (κ2) is 31.8. The molecular formula is C72H66Cl7FN14O6. The lowest BCUT2D eigenvalue weighted by Gasteiger charge is -2.35. The Morgan fingerprint density at radius 2 is 1.46 bits per heavy atom. The third kappa shape index (κ3) is 15.9. The molecule has 4 unspecified atom stereocenters. The van der Waals surface area contributed by atoms with Crippen LogP contribution in [0.3, 0.4) is 0 Å². The topological polar surface area (TPSA) is 227 Å². The number of aromatic nitrogens is 7. The Labute approximate surface area is 610 Å². The predicted octanol–water partition coefficient (Wildman–Crippen LogP) is 17.4. The number of aromatic amines is 1. The number of rotatable bonds is 14. The van der Waals surface area contributed by atoms with Gasteiger partial charge in [-0.15, -0.1) is 0 Å². The number of ether oxygens (including phenoxy) is 3. The van der Waals surface area contributed by atoms with E-state index in [9.17, 15) is 19.1 Å². The number of pyridine rings is 2. The molecule has 516 valence electrons. The minimum Gasteiger partial charge on any atom is -0.493 e. The molecule has 0 spiro atoms. The van der Waals surface area contributed by atoms with Crippen LogP contribution < -0.4 is 35.4 Å². The summed E-state index contributed by atoms with van der Waals surface area (Å²) in [5.41, 5.74) is 10.6. The number of aliphatic imine (C=N–C) groups is 1. The van der Waals surface area contributed by atoms with Crippen molar-refractivity contribution >= 4 is 127 Å². The average Bonchev–Trinajstić information content (AvgIpc) is 1.08. The Morgan fingerprint density at radius 3 is 2.14 bits per heavy atom. The monoisotopic (exact) mass is 1490 g/mol. The van der Waals surface area contributed by atoms with Gasteiger partial charge in [0, 0.05) is 124 Å². The highest BCUT2D eigenvalue weighted by Gasteiger charge is 2.40. The molecule has 5 aliphatic heterocycles. The number of nitrogens with zero attached hydrogens (tertiary/aromatic N) is 11. The summed E-state index contributed by atoms with van der Waals surface area (Å²) in [5.74, 6) is 2.86. The summed E-state index contributed by atoms with van der Waals surface area (Å²) >= 11 is 43.1. The molecule has 5 atom stereocenters. The van der Waals surface area contributed by atoms with Gasteiger partial charge in [-0.25, -0.2) is 29.3 Å². The lowest BCUT2D eigenvalue weighted by atomic mass is 9.81. The molecule has 6 aromatic carbocycles. The number of piperazine rings is 1. The van der Waals surface area contributed by atoms with Gasteiger partial charge in [-0.3, -0.25) is 9.79 Å². The van der Waals surface area contributed by atoms with E-state index in [2.05, 4.69) is 74.8 Å². The number of imidazole rings is 1. The first kappa shape index (κ1) is 71.1. The number of hydrogen-bond donors (Lipinski definition) is 4. The van der Waals surface area contributed by atoms with Gasteiger partial charge in [-0.05, 0) is 126 Å². The van der Waals surface area contributed by atoms with Crippen LogP contribution in [0, 0.1) is 11.7 Å². The highest BCUT2D eigenvalue weighted by Crippen LogP contribution is 2.46. The SMILES string of the molecule is COCCCOc1cc2c(cc1OC)-c1cc(=O)c(C(=O)O)cn1[C@H](C(C)C)C2.Clc1cc2nc(N3CCN(c4ccccn4)CC3)[nH]c2cc1Cl.Clc1ccc(C2=CC(c3c(Cl)cccc3Cl)n3ncnc3N2)cc1.Fc1cccc(Cl)c1C1CC(c2ccc(Cl)cc2)N=C2NN=NC21. The van der Waals surface area contributed by atoms with Crippen LogP contribution >= 0.6 is 81.2 Å². The van der Waals surface area contributed by atoms with Crippen molar-refractivity contribution in [3.8, 4) is 22.8 Å². The maximum Gasteiger partial charge on any atom is 0.341 e. The van der Waals surface area contributed by atoms with Crippen molar-refractivity contribution in [2.24, 2.45) is 21.2 Å². The number of halogens is 8. The Hall–Kier alpha value is -8.77. The van der Waals surface area contributed by atoms with E-state index in [1.807, 2.05) is 120 Å². The van der Waals surface area contributed by atoms with E-state index in [-0.39, 0.29) is 47.4 Å². The normalized spacial score (nSPS) is 17.8. The molecule has 10 aromatic rings. The van der Waals surface area contributed by atoms with Crippen LogP contribution in [0.5, 0.6) is 11.5 Å². The molecule has 0 amide bonds. The summed E-state index contributed by atoms with van der Waals surface area (Å²) in [6, 6.07) is 39.4. The van der Waals surface area contributed by atoms with Crippen molar-refractivity contribution in [1.29, 1.82) is 0 Å². The third-order valence-electron chi connectivity index (χ3n) is 17.6. The molecule has 4 aromatic heterocycles. The van der Waals surface area contributed by atoms with Gasteiger partial charge in [0.05, 0.1) is 46.5 Å². The Morgan fingerprint density at radius 1 is 0.760 bits per heavy atom. The van der Waals surface area contributed by atoms with Crippen LogP contribution in [-0.4, -0.2) is 111 Å². The van der Waals surface area contributed by atoms with E-state index in [0.717, 1.165) is 88.9 Å². The molecule has 1 saturated heterocycles. The summed E-state index contributed by atoms with van der Waals surface area (Å²) in [4.78, 5) is 49.7. The van der Waals surface area contributed by atoms with Gasteiger partial charge >= 0.3 is 5.97 Å². The number of carbonyl (C=O) groups is 1. The number of amidine groups is 1. The quantitative estimate of drug-likeness (QED) is 0.0743. The molecule has 0 saturated carbocycles. The molecule has 4 N–H and O–H groups in total. The number of anilines is 3. The number of fused-ring (bicyclic) bond motifs is 6. The van der Waals surface area contributed by atoms with Gasteiger partial charge in [0.2, 0.25) is 11.9 Å². The van der Waals surface area contributed by atoms with Gasteiger partial charge in [-0.1, -0.05) is 143 Å². The standard InChI is InChI=1S/C22H27NO6.C17H11Cl3N4.C17H13Cl2FN4.C16H15Cl2N5/c1-13(2)17-8-14-9-21(29-7-5-6-27-3)20(28-4)10-15(14)18-11-19(24)16(22(25)26)12-23(17)18;18-11-6-4-10(5-7-11)14-8-15(24-17(23-14)21-9-22-24)16-12(19)2-1-3-13(16)20;18-10-6-4-9(5-7-10)14-8-11(16-17(21-14)23-24-22-16)15-12(19)2-1-3-13(15)20;17-11-9-13-14(10-12(11)18)21-16(20-13)23-7-5-22(6-8-23)15-3-1-2-4-19-15/h9-13,17H,5-8H2,1-4H3,(H,25,26);1-9,15H,(H,21,22,23);1-7,11,14,16H,8H2,(H,21,22,23);1-4,9-10H,5-8H2,(H,20,21)/t17-;;;/m0.../s1. The van der Waals surface area contributed by atoms with E-state index >= 15 is 0 Å². The largest absolute Gasteiger partial charge is 0.493 e. The zero-order chi connectivity index (χ0) is 70.3. The predicted molar refractivity (Wildman–Crippen MR) is 394 cm³/mol. The molecule has 5 aliphatic rings. The van der Waals surface area contributed by atoms with Gasteiger partial charge in [0.25, 0.3) is 0 Å². The molecule has 9 heterocycles. The highest BCUT2D eigenvalue weighted by atomic mass is 35.5. The fourth-order valence-electron chi connectivity index (χ4n) is 12.6. The lowest BCUT2D eigenvalue weighted by molar-refractivity contribution is 0.0694. The third-order valence-corrected chi connectivity index (χ3v) is 19.8. The van der Waals surface area contributed by atoms with E-state index in [4.69, 9.17) is 95.4 Å². The first-order valence-electron chi connectivity index (χ1n) is 31.9. The molecule has 20 nitrogen and oxygen atoms in total. The van der Waals surface area contributed by atoms with Crippen LogP contribution in [0.2, 0.25) is 35.2 Å². The molecule has 0 bridgehead atoms. The fourth-order valence-corrected chi connectivity index (χ4v) is 14.1. The summed E-state index contributed by atoms with van der Waals surface area (Å²) in [6.07, 6.45) is 8.89. The fraction of sp³-hybridized carbons (Fsp3) is 0.264. The summed E-state index contributed by atoms with van der Waals surface area (Å²) in [6.45, 7) is 8.90. The van der Waals surface area contributed by atoms with Crippen molar-refractivity contribution in [3.05, 3.63) is 243 Å². The number of carboxylic acid groups (broad SMARTS) is 1. The van der Waals surface area contributed by atoms with Crippen molar-refractivity contribution in [2.75, 3.05) is 68.7 Å². The number of aromatic carboxylic acids is 1. The zero-order valence-corrected chi connectivity index (χ0v) is 59.6. The Bertz CT molecular complexity index is 4680. The van der Waals surface area contributed by atoms with Crippen molar-refractivity contribution < 1.29 is 28.5 Å². The second-order valence-corrected chi connectivity index (χ2v) is 27.1. The van der Waals surface area contributed by atoms with Gasteiger partial charge in [-0.2, -0.15) is 15.2 Å².